The van der Waals surface area contributed by atoms with Gasteiger partial charge in [0, 0.05) is 31.4 Å². The van der Waals surface area contributed by atoms with Crippen LogP contribution >= 0.6 is 0 Å². The lowest BCUT2D eigenvalue weighted by Crippen LogP contribution is -2.24. The van der Waals surface area contributed by atoms with Gasteiger partial charge in [-0.25, -0.2) is 0 Å². The lowest BCUT2D eigenvalue weighted by molar-refractivity contribution is 0.182. The van der Waals surface area contributed by atoms with Crippen LogP contribution in [0.2, 0.25) is 0 Å². The molecule has 0 bridgehead atoms. The molecule has 1 unspecified atom stereocenters. The third-order valence-corrected chi connectivity index (χ3v) is 3.07. The largest absolute Gasteiger partial charge is 0.497 e. The van der Waals surface area contributed by atoms with Crippen LogP contribution in [-0.2, 0) is 4.74 Å². The minimum Gasteiger partial charge on any atom is -0.497 e. The quantitative estimate of drug-likeness (QED) is 0.747. The number of hydrogen-bond acceptors (Lipinski definition) is 4. The van der Waals surface area contributed by atoms with Gasteiger partial charge in [0.2, 0.25) is 0 Å². The zero-order chi connectivity index (χ0) is 14.1. The van der Waals surface area contributed by atoms with Crippen molar-refractivity contribution in [1.29, 1.82) is 0 Å². The van der Waals surface area contributed by atoms with Crippen molar-refractivity contribution in [2.75, 3.05) is 34.5 Å². The highest BCUT2D eigenvalue weighted by atomic mass is 16.5. The second-order valence-electron chi connectivity index (χ2n) is 4.40. The molecule has 0 aliphatic carbocycles. The summed E-state index contributed by atoms with van der Waals surface area (Å²) in [6.07, 6.45) is 2.02. The van der Waals surface area contributed by atoms with Crippen molar-refractivity contribution in [3.05, 3.63) is 23.8 Å². The van der Waals surface area contributed by atoms with Gasteiger partial charge in [-0.1, -0.05) is 13.0 Å². The number of hydrogen-bond donors (Lipinski definition) is 1. The van der Waals surface area contributed by atoms with E-state index in [-0.39, 0.29) is 6.04 Å². The van der Waals surface area contributed by atoms with Gasteiger partial charge in [0.1, 0.15) is 11.5 Å². The molecule has 0 fully saturated rings. The van der Waals surface area contributed by atoms with Gasteiger partial charge in [-0.3, -0.25) is 0 Å². The van der Waals surface area contributed by atoms with E-state index in [1.54, 1.807) is 21.3 Å². The van der Waals surface area contributed by atoms with Crippen LogP contribution in [0.4, 0.5) is 0 Å². The Morgan fingerprint density at radius 2 is 1.95 bits per heavy atom. The molecular formula is C15H25NO3. The number of methoxy groups -OCH3 is 3. The summed E-state index contributed by atoms with van der Waals surface area (Å²) in [5.41, 5.74) is 1.15. The van der Waals surface area contributed by atoms with Gasteiger partial charge in [-0.15, -0.1) is 0 Å². The molecule has 1 rings (SSSR count). The molecule has 4 nitrogen and oxygen atoms in total. The van der Waals surface area contributed by atoms with Crippen molar-refractivity contribution in [1.82, 2.24) is 5.32 Å². The lowest BCUT2D eigenvalue weighted by atomic mass is 10.0. The molecular weight excluding hydrogens is 242 g/mol. The SMILES string of the molecule is CCCNC(CCOC)c1ccc(OC)cc1OC. The molecule has 0 radical (unpaired) electrons. The standard InChI is InChI=1S/C15H25NO3/c1-5-9-16-14(8-10-17-2)13-7-6-12(18-3)11-15(13)19-4/h6-7,11,14,16H,5,8-10H2,1-4H3. The van der Waals surface area contributed by atoms with Crippen molar-refractivity contribution in [2.45, 2.75) is 25.8 Å². The zero-order valence-electron chi connectivity index (χ0n) is 12.4. The van der Waals surface area contributed by atoms with Gasteiger partial charge >= 0.3 is 0 Å². The van der Waals surface area contributed by atoms with Crippen LogP contribution < -0.4 is 14.8 Å². The molecule has 0 heterocycles. The Balaban J connectivity index is 2.91. The Kier molecular flexibility index (Phi) is 7.30. The highest BCUT2D eigenvalue weighted by Crippen LogP contribution is 2.31. The average molecular weight is 267 g/mol. The Hall–Kier alpha value is -1.26. The predicted octanol–water partition coefficient (Wildman–Crippen LogP) is 2.78. The van der Waals surface area contributed by atoms with Crippen LogP contribution in [0.1, 0.15) is 31.4 Å². The Morgan fingerprint density at radius 1 is 1.16 bits per heavy atom. The maximum atomic E-state index is 5.47. The van der Waals surface area contributed by atoms with E-state index in [0.29, 0.717) is 0 Å². The summed E-state index contributed by atoms with van der Waals surface area (Å²) in [4.78, 5) is 0. The first kappa shape index (κ1) is 15.8. The third kappa shape index (κ3) is 4.73. The summed E-state index contributed by atoms with van der Waals surface area (Å²) in [5, 5.41) is 3.53. The van der Waals surface area contributed by atoms with E-state index in [1.807, 2.05) is 12.1 Å². The van der Waals surface area contributed by atoms with Gasteiger partial charge in [0.15, 0.2) is 0 Å². The molecule has 4 heteroatoms. The number of rotatable bonds is 9. The number of nitrogens with one attached hydrogen (secondary N) is 1. The van der Waals surface area contributed by atoms with E-state index < -0.39 is 0 Å². The third-order valence-electron chi connectivity index (χ3n) is 3.07. The summed E-state index contributed by atoms with van der Waals surface area (Å²) in [7, 11) is 5.07. The van der Waals surface area contributed by atoms with Gasteiger partial charge in [0.05, 0.1) is 14.2 Å². The minimum atomic E-state index is 0.237. The van der Waals surface area contributed by atoms with E-state index >= 15 is 0 Å². The molecule has 0 saturated carbocycles. The summed E-state index contributed by atoms with van der Waals surface area (Å²) in [6.45, 7) is 3.85. The molecule has 1 aromatic carbocycles. The fourth-order valence-corrected chi connectivity index (χ4v) is 2.03. The number of ether oxygens (including phenoxy) is 3. The monoisotopic (exact) mass is 267 g/mol. The second-order valence-corrected chi connectivity index (χ2v) is 4.40. The predicted molar refractivity (Wildman–Crippen MR) is 77.1 cm³/mol. The summed E-state index contributed by atoms with van der Waals surface area (Å²) >= 11 is 0. The van der Waals surface area contributed by atoms with E-state index in [2.05, 4.69) is 18.3 Å². The Bertz CT molecular complexity index is 360. The fraction of sp³-hybridized carbons (Fsp3) is 0.600. The Labute approximate surface area is 116 Å². The van der Waals surface area contributed by atoms with E-state index in [4.69, 9.17) is 14.2 Å². The van der Waals surface area contributed by atoms with Crippen LogP contribution in [0.5, 0.6) is 11.5 Å². The molecule has 0 aliphatic rings. The fourth-order valence-electron chi connectivity index (χ4n) is 2.03. The van der Waals surface area contributed by atoms with Crippen LogP contribution in [0.15, 0.2) is 18.2 Å². The van der Waals surface area contributed by atoms with Gasteiger partial charge in [-0.2, -0.15) is 0 Å². The smallest absolute Gasteiger partial charge is 0.127 e. The van der Waals surface area contributed by atoms with E-state index in [9.17, 15) is 0 Å². The molecule has 0 spiro atoms. The van der Waals surface area contributed by atoms with Crippen LogP contribution in [-0.4, -0.2) is 34.5 Å². The van der Waals surface area contributed by atoms with Gasteiger partial charge in [0.25, 0.3) is 0 Å². The van der Waals surface area contributed by atoms with Crippen molar-refractivity contribution < 1.29 is 14.2 Å². The summed E-state index contributed by atoms with van der Waals surface area (Å²) in [6, 6.07) is 6.18. The average Bonchev–Trinajstić information content (AvgIpc) is 2.47. The maximum Gasteiger partial charge on any atom is 0.127 e. The first-order chi connectivity index (χ1) is 9.26. The van der Waals surface area contributed by atoms with Crippen LogP contribution in [0.25, 0.3) is 0 Å². The Morgan fingerprint density at radius 3 is 2.53 bits per heavy atom. The number of benzene rings is 1. The minimum absolute atomic E-state index is 0.237. The topological polar surface area (TPSA) is 39.7 Å². The molecule has 0 amide bonds. The molecule has 1 N–H and O–H groups in total. The summed E-state index contributed by atoms with van der Waals surface area (Å²) in [5.74, 6) is 1.66. The zero-order valence-corrected chi connectivity index (χ0v) is 12.4. The van der Waals surface area contributed by atoms with E-state index in [0.717, 1.165) is 43.1 Å². The highest BCUT2D eigenvalue weighted by Gasteiger charge is 2.16. The first-order valence-electron chi connectivity index (χ1n) is 6.71. The van der Waals surface area contributed by atoms with Gasteiger partial charge < -0.3 is 19.5 Å². The molecule has 108 valence electrons. The van der Waals surface area contributed by atoms with E-state index in [1.165, 1.54) is 0 Å². The molecule has 1 atom stereocenters. The van der Waals surface area contributed by atoms with Crippen LogP contribution in [0.3, 0.4) is 0 Å². The molecule has 19 heavy (non-hydrogen) atoms. The summed E-state index contributed by atoms with van der Waals surface area (Å²) < 4.78 is 15.9. The van der Waals surface area contributed by atoms with Gasteiger partial charge in [-0.05, 0) is 25.5 Å². The van der Waals surface area contributed by atoms with Crippen molar-refractivity contribution in [3.63, 3.8) is 0 Å². The second kappa shape index (κ2) is 8.77. The maximum absolute atomic E-state index is 5.47. The first-order valence-corrected chi connectivity index (χ1v) is 6.71. The molecule has 0 saturated heterocycles. The lowest BCUT2D eigenvalue weighted by Gasteiger charge is -2.21. The van der Waals surface area contributed by atoms with Crippen molar-refractivity contribution in [3.8, 4) is 11.5 Å². The molecule has 0 aliphatic heterocycles. The van der Waals surface area contributed by atoms with Crippen LogP contribution in [0, 0.1) is 0 Å². The van der Waals surface area contributed by atoms with Crippen molar-refractivity contribution in [2.24, 2.45) is 0 Å². The molecule has 0 aromatic heterocycles. The normalized spacial score (nSPS) is 12.2. The molecule has 1 aromatic rings. The highest BCUT2D eigenvalue weighted by molar-refractivity contribution is 5.42. The van der Waals surface area contributed by atoms with Crippen molar-refractivity contribution >= 4 is 0 Å².